The number of phosphoric ester groups is 3. The van der Waals surface area contributed by atoms with Gasteiger partial charge in [-0.15, -0.1) is 35.3 Å². The molecular weight excluding hydrogens is 1960 g/mol. The summed E-state index contributed by atoms with van der Waals surface area (Å²) in [6.07, 6.45) is 1.74. The van der Waals surface area contributed by atoms with Crippen LogP contribution in [0.1, 0.15) is 203 Å². The van der Waals surface area contributed by atoms with Gasteiger partial charge in [-0.3, -0.25) is 90.4 Å². The van der Waals surface area contributed by atoms with E-state index in [2.05, 4.69) is 82.1 Å². The molecule has 40 nitrogen and oxygen atoms in total. The number of phosphoric acid groups is 3. The van der Waals surface area contributed by atoms with Gasteiger partial charge in [0.15, 0.2) is 23.5 Å². The summed E-state index contributed by atoms with van der Waals surface area (Å²) in [6, 6.07) is -0.776. The zero-order valence-corrected chi connectivity index (χ0v) is 87.4. The van der Waals surface area contributed by atoms with E-state index in [0.29, 0.717) is 90.3 Å². The highest BCUT2D eigenvalue weighted by Crippen LogP contribution is 2.88. The van der Waals surface area contributed by atoms with Crippen molar-refractivity contribution in [1.29, 1.82) is 0 Å². The number of aromatic nitrogens is 4. The van der Waals surface area contributed by atoms with Gasteiger partial charge >= 0.3 is 23.5 Å². The van der Waals surface area contributed by atoms with Gasteiger partial charge in [-0.25, -0.2) is 28.6 Å². The average molecular weight is 2100 g/mol. The first-order chi connectivity index (χ1) is 67.6. The number of imide groups is 3. The molecule has 4 saturated heterocycles. The molecule has 0 radical (unpaired) electrons. The predicted molar refractivity (Wildman–Crippen MR) is 520 cm³/mol. The zero-order chi connectivity index (χ0) is 102. The highest BCUT2D eigenvalue weighted by molar-refractivity contribution is 8.01. The molecule has 790 valence electrons. The molecule has 14 fully saturated rings. The second-order valence-corrected chi connectivity index (χ2v) is 51.6. The molecule has 14 aliphatic rings. The Labute approximate surface area is 841 Å². The van der Waals surface area contributed by atoms with Crippen LogP contribution in [-0.4, -0.2) is 277 Å². The molecule has 142 heavy (non-hydrogen) atoms. The molecule has 10 aliphatic carbocycles. The standard InChI is InChI=1S/C96H145N12O28P3S3/c1-48-50(3)71-69(48)77-79(71)83-75-55(52(5)73(75)81(77)83)26-38-140-60-41-66(114)105(92(60)120)31-15-9-11-22-63(111)98-28-14-13-20-57(104-65(113)23-12-10-16-32-106-67(115)42-61(93(106)121)141-39-27-56-53(6)74-76(56)84-80-72-51(4)49(2)70(72)78(80)82(74)84)58(110)21-18-34-130-36-37-131-35-25-54(109)19-17-33-107-68(116)43-62(94(107)122)142-40-30-99-64(112)24-29-100-91(119)88(118)96(7,8)45-133-139(128,129)136-138(126,127)132-44-59-87(135-137(123,124)125)86(117)95(134-59)108-47-103-85-89(97)101-46-102-90(85)108/h46-53,55-57,59-62,69-84,86-88,95,117-118H,9-45H2,1-8H3,(H,98,111)(H,99,112)(H,100,119)(H,104,113)(H,126,127)(H,128,129)(H2,97,101,102)(H2,123,124,125)/t48?,49?,50?,51?,52?,53?,55?,56?,57?,59-,60?,61?,62?,69?,70?,71?,72?,73?,74?,75?,76?,77?,78?,79?,80?,81?,82?,83?,84?,86+,87?,88+,95-/m1/s1. The fourth-order valence-electron chi connectivity index (χ4n) is 28.2. The topological polar surface area (TPSA) is 570 Å². The summed E-state index contributed by atoms with van der Waals surface area (Å²) in [4.78, 5) is 214. The summed E-state index contributed by atoms with van der Waals surface area (Å²) in [5.74, 6) is 20.4. The van der Waals surface area contributed by atoms with Crippen molar-refractivity contribution in [3.05, 3.63) is 12.7 Å². The minimum atomic E-state index is -5.66. The molecule has 10 amide bonds. The molecule has 0 spiro atoms. The van der Waals surface area contributed by atoms with Crippen molar-refractivity contribution in [2.24, 2.45) is 147 Å². The number of ether oxygens (including phenoxy) is 3. The van der Waals surface area contributed by atoms with Crippen molar-refractivity contribution >= 4 is 146 Å². The van der Waals surface area contributed by atoms with Gasteiger partial charge in [-0.1, -0.05) is 68.2 Å². The molecule has 16 rings (SSSR count). The van der Waals surface area contributed by atoms with Gasteiger partial charge in [0.2, 0.25) is 59.1 Å². The third-order valence-electron chi connectivity index (χ3n) is 35.5. The Morgan fingerprint density at radius 3 is 1.55 bits per heavy atom. The molecule has 2 aromatic rings. The number of carbonyl (C=O) groups is 12. The smallest absolute Gasteiger partial charge is 0.386 e. The van der Waals surface area contributed by atoms with Crippen LogP contribution in [0, 0.1) is 147 Å². The number of Topliss-reactive ketones (excluding diaryl/α,β-unsaturated/α-hetero) is 2. The normalized spacial score (nSPS) is 35.3. The fourth-order valence-corrected chi connectivity index (χ4v) is 34.5. The number of thioether (sulfide) groups is 3. The van der Waals surface area contributed by atoms with Gasteiger partial charge in [-0.05, 0) is 224 Å². The number of rotatable bonds is 61. The van der Waals surface area contributed by atoms with E-state index in [1.807, 2.05) is 0 Å². The van der Waals surface area contributed by atoms with Crippen molar-refractivity contribution in [2.45, 2.75) is 249 Å². The van der Waals surface area contributed by atoms with Crippen molar-refractivity contribution in [2.75, 3.05) is 102 Å². The van der Waals surface area contributed by atoms with E-state index < -0.39 is 108 Å². The van der Waals surface area contributed by atoms with Crippen LogP contribution >= 0.6 is 58.8 Å². The van der Waals surface area contributed by atoms with Crippen LogP contribution < -0.4 is 27.0 Å². The number of nitrogen functional groups attached to an aromatic ring is 1. The van der Waals surface area contributed by atoms with Crippen molar-refractivity contribution in [1.82, 2.24) is 55.5 Å². The Kier molecular flexibility index (Phi) is 35.2. The molecular formula is C96H145N12O28P3S3. The van der Waals surface area contributed by atoms with E-state index >= 15 is 0 Å². The Morgan fingerprint density at radius 2 is 1.01 bits per heavy atom. The summed E-state index contributed by atoms with van der Waals surface area (Å²) < 4.78 is 74.5. The molecule has 12 N–H and O–H groups in total. The van der Waals surface area contributed by atoms with Gasteiger partial charge in [0.1, 0.15) is 42.0 Å². The number of imidazole rings is 1. The quantitative estimate of drug-likeness (QED) is 0.0130. The average Bonchev–Trinajstić information content (AvgIpc) is 0.709. The maximum atomic E-state index is 13.9. The third-order valence-corrected chi connectivity index (χ3v) is 42.3. The van der Waals surface area contributed by atoms with Crippen LogP contribution in [0.3, 0.4) is 0 Å². The number of nitrogens with zero attached hydrogens (tertiary/aromatic N) is 7. The lowest BCUT2D eigenvalue weighted by Crippen LogP contribution is -2.85. The minimum Gasteiger partial charge on any atom is -0.386 e. The van der Waals surface area contributed by atoms with Crippen molar-refractivity contribution in [3.63, 3.8) is 0 Å². The summed E-state index contributed by atoms with van der Waals surface area (Å²) in [7, 11) is -16.6. The van der Waals surface area contributed by atoms with Crippen LogP contribution in [0.15, 0.2) is 12.7 Å². The van der Waals surface area contributed by atoms with E-state index in [1.165, 1.54) is 23.6 Å². The Hall–Kier alpha value is -5.79. The lowest BCUT2D eigenvalue weighted by molar-refractivity contribution is -0.413. The minimum absolute atomic E-state index is 0.00461. The second kappa shape index (κ2) is 46.0. The van der Waals surface area contributed by atoms with Gasteiger partial charge in [-0.2, -0.15) is 4.31 Å². The summed E-state index contributed by atoms with van der Waals surface area (Å²) in [6.45, 7) is 16.7. The van der Waals surface area contributed by atoms with Crippen LogP contribution in [0.5, 0.6) is 0 Å². The maximum Gasteiger partial charge on any atom is 0.481 e. The van der Waals surface area contributed by atoms with E-state index in [1.54, 1.807) is 23.5 Å². The van der Waals surface area contributed by atoms with E-state index in [4.69, 9.17) is 33.5 Å². The second-order valence-electron chi connectivity index (χ2n) is 43.5. The van der Waals surface area contributed by atoms with Gasteiger partial charge in [0.25, 0.3) is 0 Å². The lowest BCUT2D eigenvalue weighted by atomic mass is 9.16. The number of amides is 10. The molecule has 31 unspecified atom stereocenters. The molecule has 2 aromatic heterocycles. The number of unbranched alkanes of at least 4 members (excludes halogenated alkanes) is 5. The molecule has 6 heterocycles. The highest BCUT2D eigenvalue weighted by atomic mass is 32.2. The van der Waals surface area contributed by atoms with Crippen molar-refractivity contribution < 1.29 is 133 Å². The number of hydrogen-bond donors (Lipinski definition) is 11. The number of carbonyl (C=O) groups excluding carboxylic acids is 12. The van der Waals surface area contributed by atoms with Crippen LogP contribution in [-0.2, 0) is 103 Å². The molecule has 35 atom stereocenters. The number of ketones is 2. The fraction of sp³-hybridized carbons (Fsp3) is 0.823. The van der Waals surface area contributed by atoms with Gasteiger partial charge in [0.05, 0.1) is 61.2 Å². The largest absolute Gasteiger partial charge is 0.481 e. The Balaban J connectivity index is 0.388. The predicted octanol–water partition coefficient (Wildman–Crippen LogP) is 7.83. The van der Waals surface area contributed by atoms with E-state index in [9.17, 15) is 101 Å². The lowest BCUT2D eigenvalue weighted by Gasteiger charge is -2.88. The summed E-state index contributed by atoms with van der Waals surface area (Å²) in [5, 5.41) is 31.4. The maximum absolute atomic E-state index is 13.9. The van der Waals surface area contributed by atoms with Crippen LogP contribution in [0.4, 0.5) is 5.82 Å². The number of aliphatic hydroxyl groups excluding tert-OH is 2. The first-order valence-electron chi connectivity index (χ1n) is 51.6. The first-order valence-corrected chi connectivity index (χ1v) is 59.3. The molecule has 0 bridgehead atoms. The number of nitrogens with one attached hydrogen (secondary N) is 4. The zero-order valence-electron chi connectivity index (χ0n) is 82.3. The molecule has 10 saturated carbocycles. The van der Waals surface area contributed by atoms with Gasteiger partial charge < -0.3 is 71.0 Å². The number of fused-ring (bicyclic) bond motifs is 21. The van der Waals surface area contributed by atoms with Crippen LogP contribution in [0.25, 0.3) is 11.2 Å². The summed E-state index contributed by atoms with van der Waals surface area (Å²) >= 11 is 4.49. The highest BCUT2D eigenvalue weighted by Gasteiger charge is 2.85. The van der Waals surface area contributed by atoms with Crippen molar-refractivity contribution in [3.8, 4) is 0 Å². The SMILES string of the molecule is CC1C(C)C2C1C1C2C2C3C(CCSC4CC(=O)N(CCCCCC(=O)NCCCCC(NC(=O)CCCCCN5C(=O)CC(SCCC6C(C)C7C6C6C8C9C(C)C(C)C9C8C76)C5=O)C(=O)CCCOCCOCCC(=O)CCCN5C(=O)CC(SCCNC(=O)CCNC(=O)[C@H](O)C(C)(C)COP(=O)(O)OP(=O)(O)OC[C@H]6O[C@@H](n7cnc8c(N)ncnc87)[C@@H](O)C6OP(=O)(O)O)C5=O)C4=O)C(C)C3C12. The van der Waals surface area contributed by atoms with E-state index in [0.717, 1.165) is 200 Å². The first kappa shape index (κ1) is 109. The molecule has 46 heteroatoms. The number of nitrogens with two attached hydrogens (primary N) is 1. The number of aliphatic hydroxyl groups is 2. The third kappa shape index (κ3) is 22.9. The number of anilines is 1. The van der Waals surface area contributed by atoms with Crippen LogP contribution in [0.2, 0.25) is 0 Å². The Morgan fingerprint density at radius 1 is 0.521 bits per heavy atom. The number of hydrogen-bond acceptors (Lipinski definition) is 31. The Bertz CT molecular complexity index is 5130. The number of likely N-dealkylation sites (tertiary alicyclic amines) is 3. The summed E-state index contributed by atoms with van der Waals surface area (Å²) in [5.41, 5.74) is 4.18. The monoisotopic (exact) mass is 2100 g/mol. The van der Waals surface area contributed by atoms with Gasteiger partial charge in [0, 0.05) is 115 Å². The molecule has 4 aliphatic heterocycles. The molecule has 0 aromatic carbocycles. The van der Waals surface area contributed by atoms with E-state index in [-0.39, 0.29) is 184 Å².